The second kappa shape index (κ2) is 8.81. The highest BCUT2D eigenvalue weighted by molar-refractivity contribution is 8.00. The first-order valence-electron chi connectivity index (χ1n) is 8.89. The number of aromatic nitrogens is 4. The van der Waals surface area contributed by atoms with Crippen LogP contribution >= 0.6 is 11.8 Å². The van der Waals surface area contributed by atoms with Gasteiger partial charge in [-0.3, -0.25) is 4.79 Å². The smallest absolute Gasteiger partial charge is 0.233 e. The van der Waals surface area contributed by atoms with Crippen LogP contribution in [-0.4, -0.2) is 37.9 Å². The maximum Gasteiger partial charge on any atom is 0.233 e. The van der Waals surface area contributed by atoms with Gasteiger partial charge < -0.3 is 5.32 Å². The van der Waals surface area contributed by atoms with Crippen molar-refractivity contribution < 1.29 is 4.79 Å². The Labute approximate surface area is 163 Å². The second-order valence-electron chi connectivity index (χ2n) is 6.45. The molecule has 0 saturated carbocycles. The molecule has 1 atom stereocenters. The molecule has 7 heteroatoms. The summed E-state index contributed by atoms with van der Waals surface area (Å²) in [4.78, 5) is 12.4. The predicted molar refractivity (Wildman–Crippen MR) is 107 cm³/mol. The average Bonchev–Trinajstić information content (AvgIpc) is 3.10. The molecule has 0 unspecified atom stereocenters. The number of benzene rings is 2. The Morgan fingerprint density at radius 2 is 1.96 bits per heavy atom. The van der Waals surface area contributed by atoms with Crippen molar-refractivity contribution in [1.82, 2.24) is 25.5 Å². The molecule has 0 aliphatic rings. The van der Waals surface area contributed by atoms with E-state index >= 15 is 0 Å². The van der Waals surface area contributed by atoms with Gasteiger partial charge in [-0.25, -0.2) is 0 Å². The van der Waals surface area contributed by atoms with Crippen LogP contribution < -0.4 is 5.32 Å². The summed E-state index contributed by atoms with van der Waals surface area (Å²) in [6, 6.07) is 16.2. The number of hydrogen-bond donors (Lipinski definition) is 1. The third-order valence-electron chi connectivity index (χ3n) is 4.23. The molecule has 0 aliphatic heterocycles. The van der Waals surface area contributed by atoms with Crippen LogP contribution in [0.5, 0.6) is 0 Å². The quantitative estimate of drug-likeness (QED) is 0.637. The first-order valence-corrected chi connectivity index (χ1v) is 9.77. The van der Waals surface area contributed by atoms with Gasteiger partial charge in [-0.1, -0.05) is 59.8 Å². The summed E-state index contributed by atoms with van der Waals surface area (Å²) in [6.45, 7) is 6.55. The van der Waals surface area contributed by atoms with Gasteiger partial charge in [0.15, 0.2) is 0 Å². The van der Waals surface area contributed by atoms with Crippen LogP contribution in [0.4, 0.5) is 0 Å². The molecule has 1 heterocycles. The lowest BCUT2D eigenvalue weighted by Gasteiger charge is -2.12. The van der Waals surface area contributed by atoms with E-state index in [4.69, 9.17) is 0 Å². The molecule has 0 spiro atoms. The van der Waals surface area contributed by atoms with Crippen LogP contribution in [0.1, 0.15) is 23.6 Å². The summed E-state index contributed by atoms with van der Waals surface area (Å²) < 4.78 is 1.69. The van der Waals surface area contributed by atoms with Gasteiger partial charge in [0.2, 0.25) is 11.1 Å². The maximum atomic E-state index is 12.4. The van der Waals surface area contributed by atoms with Crippen LogP contribution in [0.2, 0.25) is 0 Å². The fourth-order valence-electron chi connectivity index (χ4n) is 2.78. The molecule has 2 aromatic carbocycles. The van der Waals surface area contributed by atoms with Gasteiger partial charge >= 0.3 is 0 Å². The van der Waals surface area contributed by atoms with Crippen LogP contribution in [-0.2, 0) is 11.2 Å². The van der Waals surface area contributed by atoms with Crippen LogP contribution in [0.25, 0.3) is 5.69 Å². The molecular formula is C20H23N5OS. The van der Waals surface area contributed by atoms with E-state index in [-0.39, 0.29) is 11.2 Å². The standard InChI is InChI=1S/C20H23N5OS/c1-14-9-10-18(15(2)13-14)25-20(22-23-24-25)27-16(3)19(26)21-12-11-17-7-5-4-6-8-17/h4-10,13,16H,11-12H2,1-3H3,(H,21,26)/t16-/m1/s1. The van der Waals surface area contributed by atoms with Gasteiger partial charge in [0.05, 0.1) is 10.9 Å². The summed E-state index contributed by atoms with van der Waals surface area (Å²) >= 11 is 1.35. The Kier molecular flexibility index (Phi) is 6.24. The molecule has 27 heavy (non-hydrogen) atoms. The molecule has 0 bridgehead atoms. The minimum Gasteiger partial charge on any atom is -0.355 e. The van der Waals surface area contributed by atoms with Gasteiger partial charge in [-0.05, 0) is 54.8 Å². The zero-order valence-electron chi connectivity index (χ0n) is 15.7. The summed E-state index contributed by atoms with van der Waals surface area (Å²) in [5.41, 5.74) is 4.40. The number of nitrogens with zero attached hydrogens (tertiary/aromatic N) is 4. The highest BCUT2D eigenvalue weighted by Gasteiger charge is 2.19. The normalized spacial score (nSPS) is 12.0. The molecule has 0 fully saturated rings. The lowest BCUT2D eigenvalue weighted by molar-refractivity contribution is -0.120. The number of amides is 1. The van der Waals surface area contributed by atoms with E-state index in [1.807, 2.05) is 51.1 Å². The number of aryl methyl sites for hydroxylation is 2. The molecule has 140 valence electrons. The van der Waals surface area contributed by atoms with Crippen molar-refractivity contribution in [3.63, 3.8) is 0 Å². The molecule has 1 amide bonds. The molecule has 3 rings (SSSR count). The lowest BCUT2D eigenvalue weighted by atomic mass is 10.1. The van der Waals surface area contributed by atoms with Crippen molar-refractivity contribution in [2.45, 2.75) is 37.6 Å². The SMILES string of the molecule is Cc1ccc(-n2nnnc2S[C@H](C)C(=O)NCCc2ccccc2)c(C)c1. The third-order valence-corrected chi connectivity index (χ3v) is 5.26. The summed E-state index contributed by atoms with van der Waals surface area (Å²) in [5, 5.41) is 15.3. The van der Waals surface area contributed by atoms with Crippen molar-refractivity contribution in [2.75, 3.05) is 6.54 Å². The highest BCUT2D eigenvalue weighted by Crippen LogP contribution is 2.24. The summed E-state index contributed by atoms with van der Waals surface area (Å²) in [6.07, 6.45) is 0.810. The number of hydrogen-bond acceptors (Lipinski definition) is 5. The van der Waals surface area contributed by atoms with Crippen molar-refractivity contribution in [2.24, 2.45) is 0 Å². The highest BCUT2D eigenvalue weighted by atomic mass is 32.2. The molecule has 1 aromatic heterocycles. The molecule has 1 N–H and O–H groups in total. The van der Waals surface area contributed by atoms with E-state index in [0.717, 1.165) is 17.7 Å². The molecule has 6 nitrogen and oxygen atoms in total. The summed E-state index contributed by atoms with van der Waals surface area (Å²) in [7, 11) is 0. The Balaban J connectivity index is 1.60. The first kappa shape index (κ1) is 19.1. The topological polar surface area (TPSA) is 72.7 Å². The average molecular weight is 382 g/mol. The fraction of sp³-hybridized carbons (Fsp3) is 0.300. The third kappa shape index (κ3) is 4.95. The number of carbonyl (C=O) groups excluding carboxylic acids is 1. The van der Waals surface area contributed by atoms with E-state index in [2.05, 4.69) is 39.0 Å². The van der Waals surface area contributed by atoms with E-state index < -0.39 is 0 Å². The van der Waals surface area contributed by atoms with Crippen molar-refractivity contribution in [1.29, 1.82) is 0 Å². The Bertz CT molecular complexity index is 910. The van der Waals surface area contributed by atoms with Gasteiger partial charge in [0.25, 0.3) is 0 Å². The van der Waals surface area contributed by atoms with Gasteiger partial charge in [0, 0.05) is 6.54 Å². The minimum absolute atomic E-state index is 0.0221. The zero-order chi connectivity index (χ0) is 19.2. The minimum atomic E-state index is -0.295. The monoisotopic (exact) mass is 381 g/mol. The Morgan fingerprint density at radius 3 is 2.70 bits per heavy atom. The molecular weight excluding hydrogens is 358 g/mol. The van der Waals surface area contributed by atoms with Crippen molar-refractivity contribution in [3.8, 4) is 5.69 Å². The second-order valence-corrected chi connectivity index (χ2v) is 7.76. The first-order chi connectivity index (χ1) is 13.0. The Hall–Kier alpha value is -2.67. The van der Waals surface area contributed by atoms with Gasteiger partial charge in [0.1, 0.15) is 0 Å². The van der Waals surface area contributed by atoms with Crippen LogP contribution in [0, 0.1) is 13.8 Å². The lowest BCUT2D eigenvalue weighted by Crippen LogP contribution is -2.32. The Morgan fingerprint density at radius 1 is 1.19 bits per heavy atom. The van der Waals surface area contributed by atoms with E-state index in [0.29, 0.717) is 11.7 Å². The largest absolute Gasteiger partial charge is 0.355 e. The van der Waals surface area contributed by atoms with Crippen molar-refractivity contribution >= 4 is 17.7 Å². The molecule has 0 saturated heterocycles. The van der Waals surface area contributed by atoms with E-state index in [1.165, 1.54) is 22.9 Å². The van der Waals surface area contributed by atoms with Crippen LogP contribution in [0.3, 0.4) is 0 Å². The maximum absolute atomic E-state index is 12.4. The van der Waals surface area contributed by atoms with Gasteiger partial charge in [-0.2, -0.15) is 4.68 Å². The number of carbonyl (C=O) groups is 1. The van der Waals surface area contributed by atoms with Gasteiger partial charge in [-0.15, -0.1) is 5.10 Å². The van der Waals surface area contributed by atoms with E-state index in [9.17, 15) is 4.79 Å². The number of rotatable bonds is 7. The molecule has 0 aliphatic carbocycles. The molecule has 0 radical (unpaired) electrons. The predicted octanol–water partition coefficient (Wildman–Crippen LogP) is 3.12. The number of tetrazole rings is 1. The number of nitrogens with one attached hydrogen (secondary N) is 1. The summed E-state index contributed by atoms with van der Waals surface area (Å²) in [5.74, 6) is -0.0221. The van der Waals surface area contributed by atoms with E-state index in [1.54, 1.807) is 4.68 Å². The molecule has 3 aromatic rings. The number of thioether (sulfide) groups is 1. The zero-order valence-corrected chi connectivity index (χ0v) is 16.5. The fourth-order valence-corrected chi connectivity index (χ4v) is 3.60. The van der Waals surface area contributed by atoms with Crippen LogP contribution in [0.15, 0.2) is 53.7 Å². The van der Waals surface area contributed by atoms with Crippen molar-refractivity contribution in [3.05, 3.63) is 65.2 Å².